The normalized spacial score (nSPS) is 13.6. The molecule has 0 saturated carbocycles. The van der Waals surface area contributed by atoms with Crippen molar-refractivity contribution >= 4 is 37.5 Å². The van der Waals surface area contributed by atoms with Gasteiger partial charge in [0.15, 0.2) is 6.29 Å². The molecule has 0 saturated heterocycles. The van der Waals surface area contributed by atoms with Crippen molar-refractivity contribution in [2.75, 3.05) is 11.9 Å². The van der Waals surface area contributed by atoms with E-state index >= 15 is 0 Å². The van der Waals surface area contributed by atoms with Gasteiger partial charge in [0, 0.05) is 28.7 Å². The molecule has 1 aromatic carbocycles. The zero-order valence-electron chi connectivity index (χ0n) is 12.5. The summed E-state index contributed by atoms with van der Waals surface area (Å²) in [5, 5.41) is 11.4. The number of hydrogen-bond donors (Lipinski definition) is 0. The summed E-state index contributed by atoms with van der Waals surface area (Å²) in [4.78, 5) is 10.4. The van der Waals surface area contributed by atoms with Crippen LogP contribution in [-0.4, -0.2) is 28.0 Å². The van der Waals surface area contributed by atoms with E-state index in [2.05, 4.69) is 38.8 Å². The van der Waals surface area contributed by atoms with E-state index in [0.29, 0.717) is 12.4 Å². The molecule has 2 unspecified atom stereocenters. The van der Waals surface area contributed by atoms with E-state index in [1.165, 1.54) is 12.1 Å². The van der Waals surface area contributed by atoms with Gasteiger partial charge >= 0.3 is 0 Å². The maximum atomic E-state index is 10.6. The predicted molar refractivity (Wildman–Crippen MR) is 94.1 cm³/mol. The Morgan fingerprint density at radius 1 is 1.27 bits per heavy atom. The minimum absolute atomic E-state index is 0.0515. The minimum atomic E-state index is -0.426. The maximum absolute atomic E-state index is 10.6. The van der Waals surface area contributed by atoms with Crippen molar-refractivity contribution in [2.24, 2.45) is 0 Å². The Labute approximate surface area is 147 Å². The van der Waals surface area contributed by atoms with Gasteiger partial charge in [-0.25, -0.2) is 0 Å². The van der Waals surface area contributed by atoms with Crippen molar-refractivity contribution < 1.29 is 14.4 Å². The summed E-state index contributed by atoms with van der Waals surface area (Å²) >= 11 is 6.88. The molecule has 1 rings (SSSR count). The van der Waals surface area contributed by atoms with Crippen LogP contribution in [0.15, 0.2) is 24.3 Å². The molecular weight excluding hydrogens is 418 g/mol. The molecule has 0 fully saturated rings. The molecule has 0 aliphatic heterocycles. The van der Waals surface area contributed by atoms with Crippen molar-refractivity contribution in [1.82, 2.24) is 0 Å². The summed E-state index contributed by atoms with van der Waals surface area (Å²) in [6, 6.07) is 6.07. The van der Waals surface area contributed by atoms with Crippen LogP contribution in [-0.2, 0) is 4.74 Å². The number of non-ortho nitro benzene ring substituents is 1. The molecule has 0 aromatic heterocycles. The standard InChI is InChI=1S/C15H21Br2NO4/c1-2-3-4-5-15(21-11-12(17)10-16)22-14-8-6-13(7-9-14)18(19)20/h6-9,12,15H,2-5,10-11H2,1H3. The predicted octanol–water partition coefficient (Wildman–Crippen LogP) is 5.06. The zero-order chi connectivity index (χ0) is 16.4. The Morgan fingerprint density at radius 2 is 1.95 bits per heavy atom. The molecule has 5 nitrogen and oxygen atoms in total. The second-order valence-electron chi connectivity index (χ2n) is 4.88. The number of nitrogens with zero attached hydrogens (tertiary/aromatic N) is 1. The van der Waals surface area contributed by atoms with Gasteiger partial charge in [-0.1, -0.05) is 51.6 Å². The fourth-order valence-electron chi connectivity index (χ4n) is 1.79. The fourth-order valence-corrected chi connectivity index (χ4v) is 2.13. The van der Waals surface area contributed by atoms with Crippen LogP contribution in [0.1, 0.15) is 32.6 Å². The Kier molecular flexibility index (Phi) is 9.66. The topological polar surface area (TPSA) is 61.6 Å². The Morgan fingerprint density at radius 3 is 2.50 bits per heavy atom. The minimum Gasteiger partial charge on any atom is -0.465 e. The van der Waals surface area contributed by atoms with E-state index in [4.69, 9.17) is 9.47 Å². The van der Waals surface area contributed by atoms with Crippen LogP contribution in [0.4, 0.5) is 5.69 Å². The smallest absolute Gasteiger partial charge is 0.269 e. The van der Waals surface area contributed by atoms with Gasteiger partial charge in [-0.3, -0.25) is 10.1 Å². The van der Waals surface area contributed by atoms with Crippen LogP contribution in [0.3, 0.4) is 0 Å². The average molecular weight is 439 g/mol. The average Bonchev–Trinajstić information content (AvgIpc) is 2.52. The summed E-state index contributed by atoms with van der Waals surface area (Å²) in [5.41, 5.74) is 0.0515. The highest BCUT2D eigenvalue weighted by Crippen LogP contribution is 2.21. The molecular formula is C15H21Br2NO4. The van der Waals surface area contributed by atoms with Gasteiger partial charge in [-0.05, 0) is 18.6 Å². The number of rotatable bonds is 11. The molecule has 0 aliphatic rings. The first-order valence-corrected chi connectivity index (χ1v) is 9.33. The van der Waals surface area contributed by atoms with Gasteiger partial charge in [0.1, 0.15) is 5.75 Å². The van der Waals surface area contributed by atoms with Crippen LogP contribution in [0.2, 0.25) is 0 Å². The third-order valence-electron chi connectivity index (χ3n) is 2.99. The number of hydrogen-bond acceptors (Lipinski definition) is 4. The van der Waals surface area contributed by atoms with Crippen LogP contribution in [0.25, 0.3) is 0 Å². The fraction of sp³-hybridized carbons (Fsp3) is 0.600. The quantitative estimate of drug-likeness (QED) is 0.159. The number of unbranched alkanes of at least 4 members (excludes halogenated alkanes) is 2. The lowest BCUT2D eigenvalue weighted by molar-refractivity contribution is -0.384. The number of nitro groups is 1. The van der Waals surface area contributed by atoms with Crippen molar-refractivity contribution in [3.8, 4) is 5.75 Å². The van der Waals surface area contributed by atoms with Crippen LogP contribution in [0, 0.1) is 10.1 Å². The third-order valence-corrected chi connectivity index (χ3v) is 5.23. The molecule has 0 aliphatic carbocycles. The summed E-state index contributed by atoms with van der Waals surface area (Å²) in [6.07, 6.45) is 3.74. The summed E-state index contributed by atoms with van der Waals surface area (Å²) < 4.78 is 11.6. The molecule has 2 atom stereocenters. The molecule has 0 spiro atoms. The van der Waals surface area contributed by atoms with Gasteiger partial charge in [-0.15, -0.1) is 0 Å². The highest BCUT2D eigenvalue weighted by molar-refractivity contribution is 9.12. The van der Waals surface area contributed by atoms with Gasteiger partial charge in [-0.2, -0.15) is 0 Å². The van der Waals surface area contributed by atoms with Gasteiger partial charge in [0.25, 0.3) is 5.69 Å². The lowest BCUT2D eigenvalue weighted by Crippen LogP contribution is -2.24. The molecule has 124 valence electrons. The molecule has 0 heterocycles. The van der Waals surface area contributed by atoms with Crippen molar-refractivity contribution in [3.05, 3.63) is 34.4 Å². The van der Waals surface area contributed by atoms with E-state index < -0.39 is 4.92 Å². The van der Waals surface area contributed by atoms with E-state index in [-0.39, 0.29) is 16.8 Å². The van der Waals surface area contributed by atoms with Crippen molar-refractivity contribution in [1.29, 1.82) is 0 Å². The molecule has 1 aromatic rings. The second-order valence-corrected chi connectivity index (χ2v) is 6.82. The van der Waals surface area contributed by atoms with Gasteiger partial charge in [0.2, 0.25) is 0 Å². The molecule has 7 heteroatoms. The molecule has 0 amide bonds. The Bertz CT molecular complexity index is 442. The number of alkyl halides is 2. The largest absolute Gasteiger partial charge is 0.465 e. The van der Waals surface area contributed by atoms with E-state index in [0.717, 1.165) is 31.0 Å². The number of nitro benzene ring substituents is 1. The number of ether oxygens (including phenoxy) is 2. The van der Waals surface area contributed by atoms with Crippen LogP contribution >= 0.6 is 31.9 Å². The van der Waals surface area contributed by atoms with E-state index in [1.807, 2.05) is 0 Å². The van der Waals surface area contributed by atoms with Gasteiger partial charge in [0.05, 0.1) is 11.5 Å². The molecule has 0 bridgehead atoms. The summed E-state index contributed by atoms with van der Waals surface area (Å²) in [5.74, 6) is 0.581. The van der Waals surface area contributed by atoms with Crippen molar-refractivity contribution in [3.63, 3.8) is 0 Å². The van der Waals surface area contributed by atoms with Crippen LogP contribution in [0.5, 0.6) is 5.75 Å². The Hall–Kier alpha value is -0.660. The number of benzene rings is 1. The lowest BCUT2D eigenvalue weighted by Gasteiger charge is -2.20. The van der Waals surface area contributed by atoms with Crippen LogP contribution < -0.4 is 4.74 Å². The first kappa shape index (κ1) is 19.4. The third kappa shape index (κ3) is 7.56. The molecule has 0 N–H and O–H groups in total. The highest BCUT2D eigenvalue weighted by atomic mass is 79.9. The Balaban J connectivity index is 2.58. The van der Waals surface area contributed by atoms with Gasteiger partial charge < -0.3 is 9.47 Å². The summed E-state index contributed by atoms with van der Waals surface area (Å²) in [7, 11) is 0. The zero-order valence-corrected chi connectivity index (χ0v) is 15.7. The second kappa shape index (κ2) is 11.0. The number of halogens is 2. The molecule has 22 heavy (non-hydrogen) atoms. The first-order valence-electron chi connectivity index (χ1n) is 7.29. The maximum Gasteiger partial charge on any atom is 0.269 e. The lowest BCUT2D eigenvalue weighted by atomic mass is 10.2. The monoisotopic (exact) mass is 437 g/mol. The molecule has 0 radical (unpaired) electrons. The van der Waals surface area contributed by atoms with E-state index in [1.54, 1.807) is 12.1 Å². The highest BCUT2D eigenvalue weighted by Gasteiger charge is 2.14. The first-order chi connectivity index (χ1) is 10.6. The summed E-state index contributed by atoms with van der Waals surface area (Å²) in [6.45, 7) is 2.68. The van der Waals surface area contributed by atoms with E-state index in [9.17, 15) is 10.1 Å². The van der Waals surface area contributed by atoms with Crippen molar-refractivity contribution in [2.45, 2.75) is 43.7 Å². The SMILES string of the molecule is CCCCCC(OCC(Br)CBr)Oc1ccc([N+](=O)[O-])cc1.